The first kappa shape index (κ1) is 23.2. The van der Waals surface area contributed by atoms with Crippen LogP contribution in [0.1, 0.15) is 46.6 Å². The van der Waals surface area contributed by atoms with Crippen molar-refractivity contribution in [2.45, 2.75) is 32.6 Å². The molecule has 32 heavy (non-hydrogen) atoms. The lowest BCUT2D eigenvalue weighted by Crippen LogP contribution is -2.08. The van der Waals surface area contributed by atoms with Crippen molar-refractivity contribution in [1.29, 1.82) is 10.5 Å². The van der Waals surface area contributed by atoms with Crippen LogP contribution < -0.4 is 10.6 Å². The van der Waals surface area contributed by atoms with Crippen molar-refractivity contribution >= 4 is 23.0 Å². The Labute approximate surface area is 195 Å². The molecular weight excluding hydrogens is 416 g/mol. The third-order valence-corrected chi connectivity index (χ3v) is 5.73. The Balaban J connectivity index is 1.98. The van der Waals surface area contributed by atoms with Crippen LogP contribution in [0.3, 0.4) is 0 Å². The average molecular weight is 443 g/mol. The molecule has 0 heterocycles. The summed E-state index contributed by atoms with van der Waals surface area (Å²) < 4.78 is 0. The van der Waals surface area contributed by atoms with Crippen molar-refractivity contribution in [2.24, 2.45) is 0 Å². The Bertz CT molecular complexity index is 1070. The Hall–Kier alpha value is -3.47. The molecule has 0 fully saturated rings. The molecule has 0 aliphatic rings. The molecule has 0 aromatic heterocycles. The second-order valence-electron chi connectivity index (χ2n) is 7.80. The number of nitrogens with one attached hydrogen (secondary N) is 2. The minimum absolute atomic E-state index is 0.0611. The molecule has 0 atom stereocenters. The van der Waals surface area contributed by atoms with Gasteiger partial charge in [0.25, 0.3) is 0 Å². The molecular formula is C27H27ClN4. The Morgan fingerprint density at radius 1 is 0.719 bits per heavy atom. The van der Waals surface area contributed by atoms with E-state index in [4.69, 9.17) is 22.1 Å². The largest absolute Gasteiger partial charge is 0.384 e. The van der Waals surface area contributed by atoms with E-state index in [0.717, 1.165) is 22.5 Å². The molecule has 0 saturated heterocycles. The normalized spacial score (nSPS) is 10.4. The van der Waals surface area contributed by atoms with E-state index in [1.54, 1.807) is 0 Å². The number of aryl methyl sites for hydroxylation is 2. The topological polar surface area (TPSA) is 71.6 Å². The third-order valence-electron chi connectivity index (χ3n) is 5.48. The molecule has 0 amide bonds. The van der Waals surface area contributed by atoms with E-state index in [1.807, 2.05) is 12.1 Å². The highest BCUT2D eigenvalue weighted by Gasteiger charge is 2.18. The highest BCUT2D eigenvalue weighted by Crippen LogP contribution is 2.35. The van der Waals surface area contributed by atoms with Gasteiger partial charge in [-0.2, -0.15) is 10.5 Å². The number of nitriles is 2. The summed E-state index contributed by atoms with van der Waals surface area (Å²) in [7, 11) is 0. The van der Waals surface area contributed by atoms with Crippen LogP contribution >= 0.6 is 11.6 Å². The number of anilines is 2. The first-order chi connectivity index (χ1) is 15.5. The summed E-state index contributed by atoms with van der Waals surface area (Å²) in [6, 6.07) is 25.3. The van der Waals surface area contributed by atoms with Crippen molar-refractivity contribution in [3.63, 3.8) is 0 Å². The maximum atomic E-state index is 8.79. The van der Waals surface area contributed by atoms with Gasteiger partial charge in [0.1, 0.15) is 0 Å². The fourth-order valence-electron chi connectivity index (χ4n) is 3.87. The van der Waals surface area contributed by atoms with Gasteiger partial charge in [-0.05, 0) is 65.9 Å². The second kappa shape index (κ2) is 11.2. The fourth-order valence-corrected chi connectivity index (χ4v) is 3.99. The molecule has 0 spiro atoms. The van der Waals surface area contributed by atoms with Gasteiger partial charge >= 0.3 is 0 Å². The van der Waals surface area contributed by atoms with Crippen LogP contribution in [0, 0.1) is 36.5 Å². The molecule has 3 rings (SSSR count). The summed E-state index contributed by atoms with van der Waals surface area (Å²) in [5.41, 5.74) is 7.94. The van der Waals surface area contributed by atoms with Crippen LogP contribution in [0.25, 0.3) is 0 Å². The molecule has 3 aromatic carbocycles. The van der Waals surface area contributed by atoms with E-state index in [2.05, 4.69) is 85.2 Å². The molecule has 162 valence electrons. The number of halogens is 1. The average Bonchev–Trinajstić information content (AvgIpc) is 2.78. The number of benzene rings is 3. The SMILES string of the molecule is Cc1cc(C(c2ccc(Cl)cc2)c2ccc(NCCC#N)c(C)c2)ccc1NCCC#N. The molecule has 4 nitrogen and oxygen atoms in total. The zero-order valence-electron chi connectivity index (χ0n) is 18.5. The summed E-state index contributed by atoms with van der Waals surface area (Å²) in [6.07, 6.45) is 0.950. The zero-order valence-corrected chi connectivity index (χ0v) is 19.2. The van der Waals surface area contributed by atoms with Crippen molar-refractivity contribution in [1.82, 2.24) is 0 Å². The van der Waals surface area contributed by atoms with Crippen molar-refractivity contribution in [3.8, 4) is 12.1 Å². The highest BCUT2D eigenvalue weighted by molar-refractivity contribution is 6.30. The monoisotopic (exact) mass is 442 g/mol. The van der Waals surface area contributed by atoms with E-state index in [1.165, 1.54) is 16.7 Å². The van der Waals surface area contributed by atoms with Crippen molar-refractivity contribution in [2.75, 3.05) is 23.7 Å². The Kier molecular flexibility index (Phi) is 8.14. The van der Waals surface area contributed by atoms with Gasteiger partial charge in [-0.3, -0.25) is 0 Å². The molecule has 0 aliphatic carbocycles. The lowest BCUT2D eigenvalue weighted by Gasteiger charge is -2.22. The first-order valence-corrected chi connectivity index (χ1v) is 11.1. The van der Waals surface area contributed by atoms with Gasteiger partial charge in [0, 0.05) is 35.4 Å². The van der Waals surface area contributed by atoms with Gasteiger partial charge in [-0.25, -0.2) is 0 Å². The molecule has 0 saturated carbocycles. The lowest BCUT2D eigenvalue weighted by atomic mass is 9.83. The summed E-state index contributed by atoms with van der Waals surface area (Å²) >= 11 is 6.16. The minimum Gasteiger partial charge on any atom is -0.384 e. The van der Waals surface area contributed by atoms with Crippen LogP contribution in [0.5, 0.6) is 0 Å². The predicted molar refractivity (Wildman–Crippen MR) is 132 cm³/mol. The maximum Gasteiger partial charge on any atom is 0.0640 e. The van der Waals surface area contributed by atoms with Crippen LogP contribution in [0.15, 0.2) is 60.7 Å². The minimum atomic E-state index is 0.0611. The van der Waals surface area contributed by atoms with Gasteiger partial charge in [0.05, 0.1) is 25.0 Å². The smallest absolute Gasteiger partial charge is 0.0640 e. The molecule has 0 aliphatic heterocycles. The highest BCUT2D eigenvalue weighted by atomic mass is 35.5. The molecule has 2 N–H and O–H groups in total. The van der Waals surface area contributed by atoms with Crippen LogP contribution in [-0.2, 0) is 0 Å². The third kappa shape index (κ3) is 5.82. The summed E-state index contributed by atoms with van der Waals surface area (Å²) in [5, 5.41) is 25.0. The van der Waals surface area contributed by atoms with E-state index in [9.17, 15) is 0 Å². The summed E-state index contributed by atoms with van der Waals surface area (Å²) in [6.45, 7) is 5.45. The van der Waals surface area contributed by atoms with Gasteiger partial charge in [0.2, 0.25) is 0 Å². The quantitative estimate of drug-likeness (QED) is 0.282. The van der Waals surface area contributed by atoms with E-state index in [-0.39, 0.29) is 5.92 Å². The Morgan fingerprint density at radius 3 is 1.56 bits per heavy atom. The van der Waals surface area contributed by atoms with Crippen LogP contribution in [0.2, 0.25) is 5.02 Å². The molecule has 0 radical (unpaired) electrons. The van der Waals surface area contributed by atoms with Gasteiger partial charge in [0.15, 0.2) is 0 Å². The number of nitrogens with zero attached hydrogens (tertiary/aromatic N) is 2. The second-order valence-corrected chi connectivity index (χ2v) is 8.24. The van der Waals surface area contributed by atoms with Gasteiger partial charge in [-0.1, -0.05) is 48.0 Å². The molecule has 5 heteroatoms. The van der Waals surface area contributed by atoms with Crippen molar-refractivity contribution < 1.29 is 0 Å². The van der Waals surface area contributed by atoms with Crippen LogP contribution in [-0.4, -0.2) is 13.1 Å². The first-order valence-electron chi connectivity index (χ1n) is 10.7. The standard InChI is InChI=1S/C27H27ClN4/c1-19-17-22(7-11-25(19)31-15-3-13-29)27(21-5-9-24(28)10-6-21)23-8-12-26(20(2)18-23)32-16-4-14-30/h5-12,17-18,27,31-32H,3-4,15-16H2,1-2H3. The number of hydrogen-bond acceptors (Lipinski definition) is 4. The molecule has 0 bridgehead atoms. The summed E-state index contributed by atoms with van der Waals surface area (Å²) in [5.74, 6) is 0.0611. The maximum absolute atomic E-state index is 8.79. The number of hydrogen-bond donors (Lipinski definition) is 2. The van der Waals surface area contributed by atoms with Gasteiger partial charge in [-0.15, -0.1) is 0 Å². The van der Waals surface area contributed by atoms with E-state index < -0.39 is 0 Å². The predicted octanol–water partition coefficient (Wildman–Crippen LogP) is 6.79. The zero-order chi connectivity index (χ0) is 22.9. The Morgan fingerprint density at radius 2 is 1.16 bits per heavy atom. The summed E-state index contributed by atoms with van der Waals surface area (Å²) in [4.78, 5) is 0. The van der Waals surface area contributed by atoms with Crippen LogP contribution in [0.4, 0.5) is 11.4 Å². The van der Waals surface area contributed by atoms with E-state index in [0.29, 0.717) is 31.0 Å². The van der Waals surface area contributed by atoms with Gasteiger partial charge < -0.3 is 10.6 Å². The lowest BCUT2D eigenvalue weighted by molar-refractivity contribution is 0.968. The molecule has 0 unspecified atom stereocenters. The van der Waals surface area contributed by atoms with E-state index >= 15 is 0 Å². The van der Waals surface area contributed by atoms with Crippen molar-refractivity contribution in [3.05, 3.63) is 93.5 Å². The fraction of sp³-hybridized carbons (Fsp3) is 0.259. The number of rotatable bonds is 9. The molecule has 3 aromatic rings.